The molecule has 0 saturated carbocycles. The van der Waals surface area contributed by atoms with Crippen molar-refractivity contribution in [3.05, 3.63) is 86.0 Å². The molecule has 5 rings (SSSR count). The minimum Gasteiger partial charge on any atom is -0.341 e. The predicted molar refractivity (Wildman–Crippen MR) is 118 cm³/mol. The van der Waals surface area contributed by atoms with Crippen LogP contribution in [0.5, 0.6) is 0 Å². The fraction of sp³-hybridized carbons (Fsp3) is 0.0476. The first-order valence-corrected chi connectivity index (χ1v) is 10.7. The highest BCUT2D eigenvalue weighted by molar-refractivity contribution is 9.10. The molecule has 8 heteroatoms. The molecular weight excluding hydrogens is 477 g/mol. The van der Waals surface area contributed by atoms with E-state index in [0.29, 0.717) is 33.2 Å². The second-order valence-corrected chi connectivity index (χ2v) is 8.85. The molecular formula is C21H12BrClFN3OS. The summed E-state index contributed by atoms with van der Waals surface area (Å²) in [5.74, 6) is 0.0435. The van der Waals surface area contributed by atoms with E-state index in [-0.39, 0.29) is 5.91 Å². The molecule has 1 aliphatic rings. The largest absolute Gasteiger partial charge is 0.341 e. The SMILES string of the molecule is O=C1NC(c2cc(F)ccc2Cl)c2c(Nc3nccc4ccsc34)cc(Br)cc21. The van der Waals surface area contributed by atoms with Crippen LogP contribution in [-0.4, -0.2) is 10.9 Å². The van der Waals surface area contributed by atoms with Crippen molar-refractivity contribution in [2.45, 2.75) is 6.04 Å². The Labute approximate surface area is 182 Å². The summed E-state index contributed by atoms with van der Waals surface area (Å²) in [5.41, 5.74) is 2.42. The van der Waals surface area contributed by atoms with Crippen molar-refractivity contribution in [1.29, 1.82) is 0 Å². The lowest BCUT2D eigenvalue weighted by molar-refractivity contribution is 0.0960. The number of thiophene rings is 1. The molecule has 4 aromatic rings. The Balaban J connectivity index is 1.68. The first kappa shape index (κ1) is 18.5. The van der Waals surface area contributed by atoms with Crippen LogP contribution >= 0.6 is 38.9 Å². The second kappa shape index (κ2) is 7.09. The number of fused-ring (bicyclic) bond motifs is 2. The van der Waals surface area contributed by atoms with E-state index in [9.17, 15) is 9.18 Å². The molecule has 1 aliphatic heterocycles. The van der Waals surface area contributed by atoms with Crippen LogP contribution in [0.15, 0.2) is 58.5 Å². The molecule has 2 N–H and O–H groups in total. The molecule has 0 spiro atoms. The first-order valence-electron chi connectivity index (χ1n) is 8.70. The highest BCUT2D eigenvalue weighted by Crippen LogP contribution is 2.42. The maximum atomic E-state index is 13.9. The summed E-state index contributed by atoms with van der Waals surface area (Å²) in [6.07, 6.45) is 1.74. The van der Waals surface area contributed by atoms with Crippen molar-refractivity contribution in [1.82, 2.24) is 10.3 Å². The molecule has 1 unspecified atom stereocenters. The van der Waals surface area contributed by atoms with Gasteiger partial charge in [0.25, 0.3) is 5.91 Å². The molecule has 0 bridgehead atoms. The fourth-order valence-electron chi connectivity index (χ4n) is 3.58. The third kappa shape index (κ3) is 3.19. The Bertz CT molecular complexity index is 1290. The standard InChI is InChI=1S/C21H12BrClFN3OS/c22-11-7-14-17(18(27-21(14)28)13-9-12(24)1-2-15(13)23)16(8-11)26-20-19-10(3-5-25-20)4-6-29-19/h1-9,18H,(H,25,26)(H,27,28). The van der Waals surface area contributed by atoms with Gasteiger partial charge in [-0.2, -0.15) is 0 Å². The summed E-state index contributed by atoms with van der Waals surface area (Å²) in [5, 5.41) is 9.76. The molecule has 144 valence electrons. The highest BCUT2D eigenvalue weighted by atomic mass is 79.9. The fourth-order valence-corrected chi connectivity index (χ4v) is 5.10. The van der Waals surface area contributed by atoms with Gasteiger partial charge in [0.1, 0.15) is 11.6 Å². The van der Waals surface area contributed by atoms with E-state index in [1.54, 1.807) is 23.6 Å². The lowest BCUT2D eigenvalue weighted by Gasteiger charge is -2.18. The van der Waals surface area contributed by atoms with E-state index < -0.39 is 11.9 Å². The van der Waals surface area contributed by atoms with Crippen LogP contribution in [0, 0.1) is 5.82 Å². The van der Waals surface area contributed by atoms with Gasteiger partial charge >= 0.3 is 0 Å². The molecule has 0 aliphatic carbocycles. The number of carbonyl (C=O) groups excluding carboxylic acids is 1. The third-order valence-corrected chi connectivity index (χ3v) is 6.58. The zero-order valence-electron chi connectivity index (χ0n) is 14.7. The highest BCUT2D eigenvalue weighted by Gasteiger charge is 2.34. The number of hydrogen-bond donors (Lipinski definition) is 2. The summed E-state index contributed by atoms with van der Waals surface area (Å²) < 4.78 is 15.7. The number of carbonyl (C=O) groups is 1. The van der Waals surface area contributed by atoms with Crippen molar-refractivity contribution in [2.75, 3.05) is 5.32 Å². The van der Waals surface area contributed by atoms with E-state index in [2.05, 4.69) is 31.5 Å². The lowest BCUT2D eigenvalue weighted by Crippen LogP contribution is -2.20. The van der Waals surface area contributed by atoms with E-state index in [0.717, 1.165) is 14.6 Å². The number of pyridine rings is 1. The number of nitrogens with zero attached hydrogens (tertiary/aromatic N) is 1. The molecule has 29 heavy (non-hydrogen) atoms. The van der Waals surface area contributed by atoms with Gasteiger partial charge < -0.3 is 10.6 Å². The summed E-state index contributed by atoms with van der Waals surface area (Å²) >= 11 is 11.4. The van der Waals surface area contributed by atoms with Crippen LogP contribution in [0.4, 0.5) is 15.9 Å². The number of nitrogens with one attached hydrogen (secondary N) is 2. The lowest BCUT2D eigenvalue weighted by atomic mass is 9.96. The van der Waals surface area contributed by atoms with Crippen LogP contribution in [0.25, 0.3) is 10.1 Å². The van der Waals surface area contributed by atoms with Crippen molar-refractivity contribution in [3.8, 4) is 0 Å². The summed E-state index contributed by atoms with van der Waals surface area (Å²) in [7, 11) is 0. The third-order valence-electron chi connectivity index (χ3n) is 4.84. The zero-order chi connectivity index (χ0) is 20.1. The number of hydrogen-bond acceptors (Lipinski definition) is 4. The van der Waals surface area contributed by atoms with Crippen LogP contribution in [0.3, 0.4) is 0 Å². The Morgan fingerprint density at radius 1 is 1.21 bits per heavy atom. The smallest absolute Gasteiger partial charge is 0.252 e. The Kier molecular flexibility index (Phi) is 4.53. The Morgan fingerprint density at radius 2 is 2.07 bits per heavy atom. The maximum Gasteiger partial charge on any atom is 0.252 e. The molecule has 2 aromatic heterocycles. The van der Waals surface area contributed by atoms with Crippen LogP contribution in [-0.2, 0) is 0 Å². The molecule has 3 heterocycles. The van der Waals surface area contributed by atoms with Gasteiger partial charge in [-0.3, -0.25) is 4.79 Å². The average Bonchev–Trinajstić information content (AvgIpc) is 3.29. The zero-order valence-corrected chi connectivity index (χ0v) is 17.8. The van der Waals surface area contributed by atoms with E-state index in [4.69, 9.17) is 11.6 Å². The van der Waals surface area contributed by atoms with E-state index in [1.165, 1.54) is 18.2 Å². The van der Waals surface area contributed by atoms with Crippen molar-refractivity contribution >= 4 is 66.4 Å². The maximum absolute atomic E-state index is 13.9. The molecule has 0 saturated heterocycles. The average molecular weight is 489 g/mol. The monoisotopic (exact) mass is 487 g/mol. The van der Waals surface area contributed by atoms with E-state index in [1.807, 2.05) is 23.6 Å². The number of benzene rings is 2. The molecule has 0 fully saturated rings. The number of anilines is 2. The Hall–Kier alpha value is -2.48. The van der Waals surface area contributed by atoms with Gasteiger partial charge in [-0.05, 0) is 53.2 Å². The second-order valence-electron chi connectivity index (χ2n) is 6.61. The normalized spacial score (nSPS) is 15.4. The molecule has 4 nitrogen and oxygen atoms in total. The number of aromatic nitrogens is 1. The van der Waals surface area contributed by atoms with E-state index >= 15 is 0 Å². The van der Waals surface area contributed by atoms with Gasteiger partial charge in [-0.1, -0.05) is 27.5 Å². The summed E-state index contributed by atoms with van der Waals surface area (Å²) in [6.45, 7) is 0. The van der Waals surface area contributed by atoms with Gasteiger partial charge in [-0.15, -0.1) is 11.3 Å². The minimum atomic E-state index is -0.571. The van der Waals surface area contributed by atoms with Crippen LogP contribution in [0.2, 0.25) is 5.02 Å². The number of rotatable bonds is 3. The van der Waals surface area contributed by atoms with Crippen molar-refractivity contribution in [3.63, 3.8) is 0 Å². The molecule has 2 aromatic carbocycles. The van der Waals surface area contributed by atoms with Gasteiger partial charge in [-0.25, -0.2) is 9.37 Å². The molecule has 0 radical (unpaired) electrons. The quantitative estimate of drug-likeness (QED) is 0.349. The molecule has 1 amide bonds. The van der Waals surface area contributed by atoms with Gasteiger partial charge in [0.15, 0.2) is 0 Å². The van der Waals surface area contributed by atoms with Crippen molar-refractivity contribution < 1.29 is 9.18 Å². The molecule has 1 atom stereocenters. The minimum absolute atomic E-state index is 0.239. The van der Waals surface area contributed by atoms with Gasteiger partial charge in [0.2, 0.25) is 0 Å². The van der Waals surface area contributed by atoms with Gasteiger partial charge in [0.05, 0.1) is 10.7 Å². The van der Waals surface area contributed by atoms with Crippen LogP contribution < -0.4 is 10.6 Å². The number of halogens is 3. The van der Waals surface area contributed by atoms with Gasteiger partial charge in [0, 0.05) is 38.1 Å². The first-order chi connectivity index (χ1) is 14.0. The predicted octanol–water partition coefficient (Wildman–Crippen LogP) is 6.43. The van der Waals surface area contributed by atoms with Crippen molar-refractivity contribution in [2.24, 2.45) is 0 Å². The topological polar surface area (TPSA) is 54.0 Å². The summed E-state index contributed by atoms with van der Waals surface area (Å²) in [6, 6.07) is 11.2. The number of amides is 1. The van der Waals surface area contributed by atoms with Crippen LogP contribution in [0.1, 0.15) is 27.5 Å². The Morgan fingerprint density at radius 3 is 2.93 bits per heavy atom. The summed E-state index contributed by atoms with van der Waals surface area (Å²) in [4.78, 5) is 17.1.